The summed E-state index contributed by atoms with van der Waals surface area (Å²) in [5.74, 6) is 6.84. The van der Waals surface area contributed by atoms with Gasteiger partial charge in [0.25, 0.3) is 0 Å². The topological polar surface area (TPSA) is 95.1 Å². The normalized spacial score (nSPS) is 11.8. The zero-order chi connectivity index (χ0) is 20.1. The van der Waals surface area contributed by atoms with Gasteiger partial charge in [-0.1, -0.05) is 23.9 Å². The molecule has 0 aliphatic rings. The van der Waals surface area contributed by atoms with Crippen molar-refractivity contribution in [2.45, 2.75) is 23.9 Å². The Hall–Kier alpha value is -3.07. The van der Waals surface area contributed by atoms with Gasteiger partial charge in [0, 0.05) is 12.1 Å². The number of ether oxygens (including phenoxy) is 1. The molecule has 1 aromatic heterocycles. The molecule has 3 rings (SSSR count). The molecular weight excluding hydrogens is 381 g/mol. The summed E-state index contributed by atoms with van der Waals surface area (Å²) in [5.41, 5.74) is 1.60. The van der Waals surface area contributed by atoms with Gasteiger partial charge in [0.05, 0.1) is 12.4 Å². The lowest BCUT2D eigenvalue weighted by atomic mass is 10.2. The molecule has 1 heterocycles. The molecule has 146 valence electrons. The predicted molar refractivity (Wildman–Crippen MR) is 106 cm³/mol. The number of carbonyl (C=O) groups is 1. The number of hydrogen-bond donors (Lipinski definition) is 2. The smallest absolute Gasteiger partial charge is 0.233 e. The number of halogens is 1. The monoisotopic (exact) mass is 401 g/mol. The molecule has 1 amide bonds. The third kappa shape index (κ3) is 4.61. The highest BCUT2D eigenvalue weighted by Crippen LogP contribution is 2.26. The van der Waals surface area contributed by atoms with Crippen molar-refractivity contribution < 1.29 is 13.9 Å². The van der Waals surface area contributed by atoms with Gasteiger partial charge in [-0.3, -0.25) is 4.79 Å². The van der Waals surface area contributed by atoms with Crippen molar-refractivity contribution in [2.75, 3.05) is 13.0 Å². The zero-order valence-electron chi connectivity index (χ0n) is 15.4. The highest BCUT2D eigenvalue weighted by Gasteiger charge is 2.19. The number of amides is 1. The van der Waals surface area contributed by atoms with Crippen LogP contribution in [0.2, 0.25) is 0 Å². The van der Waals surface area contributed by atoms with Crippen LogP contribution in [0.25, 0.3) is 11.4 Å². The molecule has 7 nitrogen and oxygen atoms in total. The summed E-state index contributed by atoms with van der Waals surface area (Å²) in [6.07, 6.45) is 0. The summed E-state index contributed by atoms with van der Waals surface area (Å²) < 4.78 is 19.4. The molecule has 0 aliphatic heterocycles. The minimum Gasteiger partial charge on any atom is -0.497 e. The van der Waals surface area contributed by atoms with E-state index < -0.39 is 5.25 Å². The molecule has 0 unspecified atom stereocenters. The molecule has 28 heavy (non-hydrogen) atoms. The lowest BCUT2D eigenvalue weighted by Crippen LogP contribution is -2.30. The standard InChI is InChI=1S/C19H20FN5O2S/c1-12(18(26)22-11-13-3-7-15(20)8-4-13)28-19-24-23-17(25(19)21)14-5-9-16(27-2)10-6-14/h3-10,12H,11,21H2,1-2H3,(H,22,26)/t12-/m1/s1. The molecule has 0 spiro atoms. The van der Waals surface area contributed by atoms with Crippen molar-refractivity contribution in [3.8, 4) is 17.1 Å². The summed E-state index contributed by atoms with van der Waals surface area (Å²) in [6, 6.07) is 13.3. The molecule has 3 aromatic rings. The quantitative estimate of drug-likeness (QED) is 0.467. The number of thioether (sulfide) groups is 1. The van der Waals surface area contributed by atoms with Crippen LogP contribution in [0.1, 0.15) is 12.5 Å². The molecule has 9 heteroatoms. The maximum Gasteiger partial charge on any atom is 0.233 e. The average Bonchev–Trinajstić information content (AvgIpc) is 3.07. The van der Waals surface area contributed by atoms with Crippen LogP contribution < -0.4 is 15.9 Å². The lowest BCUT2D eigenvalue weighted by molar-refractivity contribution is -0.120. The Morgan fingerprint density at radius 1 is 1.21 bits per heavy atom. The first-order valence-corrected chi connectivity index (χ1v) is 9.39. The van der Waals surface area contributed by atoms with Crippen LogP contribution in [0, 0.1) is 5.82 Å². The highest BCUT2D eigenvalue weighted by molar-refractivity contribution is 8.00. The van der Waals surface area contributed by atoms with Gasteiger partial charge >= 0.3 is 0 Å². The van der Waals surface area contributed by atoms with Gasteiger partial charge in [0.1, 0.15) is 11.6 Å². The van der Waals surface area contributed by atoms with Gasteiger partial charge < -0.3 is 15.9 Å². The fourth-order valence-electron chi connectivity index (χ4n) is 2.44. The average molecular weight is 401 g/mol. The number of benzene rings is 2. The van der Waals surface area contributed by atoms with Gasteiger partial charge in [-0.05, 0) is 48.9 Å². The second kappa shape index (κ2) is 8.75. The van der Waals surface area contributed by atoms with Crippen LogP contribution in [0.5, 0.6) is 5.75 Å². The molecule has 0 bridgehead atoms. The van der Waals surface area contributed by atoms with E-state index in [0.717, 1.165) is 16.9 Å². The van der Waals surface area contributed by atoms with E-state index in [-0.39, 0.29) is 11.7 Å². The molecule has 0 radical (unpaired) electrons. The molecular formula is C19H20FN5O2S. The van der Waals surface area contributed by atoms with Crippen molar-refractivity contribution in [1.82, 2.24) is 20.2 Å². The largest absolute Gasteiger partial charge is 0.497 e. The maximum atomic E-state index is 12.9. The molecule has 0 saturated carbocycles. The Morgan fingerprint density at radius 2 is 1.89 bits per heavy atom. The Labute approximate surface area is 166 Å². The Morgan fingerprint density at radius 3 is 2.54 bits per heavy atom. The molecule has 1 atom stereocenters. The van der Waals surface area contributed by atoms with E-state index in [4.69, 9.17) is 10.6 Å². The number of rotatable bonds is 7. The number of nitrogens with zero attached hydrogens (tertiary/aromatic N) is 3. The number of nitrogen functional groups attached to an aromatic ring is 1. The van der Waals surface area contributed by atoms with E-state index in [9.17, 15) is 9.18 Å². The van der Waals surface area contributed by atoms with E-state index in [1.165, 1.54) is 28.6 Å². The summed E-state index contributed by atoms with van der Waals surface area (Å²) >= 11 is 1.21. The first-order valence-electron chi connectivity index (χ1n) is 8.51. The predicted octanol–water partition coefficient (Wildman–Crippen LogP) is 2.60. The van der Waals surface area contributed by atoms with Gasteiger partial charge in [-0.25, -0.2) is 9.07 Å². The van der Waals surface area contributed by atoms with Crippen LogP contribution >= 0.6 is 11.8 Å². The Bertz CT molecular complexity index is 944. The molecule has 0 fully saturated rings. The van der Waals surface area contributed by atoms with Gasteiger partial charge in [0.2, 0.25) is 11.1 Å². The Kier molecular flexibility index (Phi) is 6.15. The van der Waals surface area contributed by atoms with Crippen LogP contribution in [0.3, 0.4) is 0 Å². The van der Waals surface area contributed by atoms with Gasteiger partial charge in [-0.15, -0.1) is 10.2 Å². The van der Waals surface area contributed by atoms with E-state index in [0.29, 0.717) is 17.5 Å². The fourth-order valence-corrected chi connectivity index (χ4v) is 3.24. The highest BCUT2D eigenvalue weighted by atomic mass is 32.2. The molecule has 0 aliphatic carbocycles. The number of carbonyl (C=O) groups excluding carboxylic acids is 1. The second-order valence-corrected chi connectivity index (χ2v) is 7.32. The summed E-state index contributed by atoms with van der Waals surface area (Å²) in [6.45, 7) is 2.07. The first-order chi connectivity index (χ1) is 13.5. The lowest BCUT2D eigenvalue weighted by Gasteiger charge is -2.11. The van der Waals surface area contributed by atoms with Crippen molar-refractivity contribution in [3.63, 3.8) is 0 Å². The SMILES string of the molecule is COc1ccc(-c2nnc(S[C@H](C)C(=O)NCc3ccc(F)cc3)n2N)cc1. The van der Waals surface area contributed by atoms with E-state index in [1.807, 2.05) is 24.3 Å². The van der Waals surface area contributed by atoms with Crippen LogP contribution in [-0.4, -0.2) is 33.1 Å². The molecule has 3 N–H and O–H groups in total. The fraction of sp³-hybridized carbons (Fsp3) is 0.211. The number of methoxy groups -OCH3 is 1. The van der Waals surface area contributed by atoms with E-state index in [1.54, 1.807) is 26.2 Å². The third-order valence-corrected chi connectivity index (χ3v) is 5.10. The second-order valence-electron chi connectivity index (χ2n) is 6.01. The number of nitrogens with one attached hydrogen (secondary N) is 1. The minimum absolute atomic E-state index is 0.177. The molecule has 0 saturated heterocycles. The number of nitrogens with two attached hydrogens (primary N) is 1. The van der Waals surface area contributed by atoms with Gasteiger partial charge in [-0.2, -0.15) is 0 Å². The maximum absolute atomic E-state index is 12.9. The zero-order valence-corrected chi connectivity index (χ0v) is 16.2. The Balaban J connectivity index is 1.61. The van der Waals surface area contributed by atoms with E-state index in [2.05, 4.69) is 15.5 Å². The van der Waals surface area contributed by atoms with Crippen molar-refractivity contribution in [3.05, 3.63) is 59.9 Å². The van der Waals surface area contributed by atoms with Crippen LogP contribution in [0.15, 0.2) is 53.7 Å². The summed E-state index contributed by atoms with van der Waals surface area (Å²) in [4.78, 5) is 12.3. The first kappa shape index (κ1) is 19.7. The van der Waals surface area contributed by atoms with Gasteiger partial charge in [0.15, 0.2) is 5.82 Å². The summed E-state index contributed by atoms with van der Waals surface area (Å²) in [7, 11) is 1.59. The third-order valence-electron chi connectivity index (χ3n) is 4.04. The van der Waals surface area contributed by atoms with Crippen LogP contribution in [0.4, 0.5) is 4.39 Å². The number of hydrogen-bond acceptors (Lipinski definition) is 6. The number of aromatic nitrogens is 3. The van der Waals surface area contributed by atoms with Crippen molar-refractivity contribution in [1.29, 1.82) is 0 Å². The minimum atomic E-state index is -0.435. The van der Waals surface area contributed by atoms with Crippen molar-refractivity contribution in [2.24, 2.45) is 0 Å². The van der Waals surface area contributed by atoms with Crippen LogP contribution in [-0.2, 0) is 11.3 Å². The van der Waals surface area contributed by atoms with E-state index >= 15 is 0 Å². The summed E-state index contributed by atoms with van der Waals surface area (Å²) in [5, 5.41) is 11.0. The van der Waals surface area contributed by atoms with Crippen molar-refractivity contribution >= 4 is 17.7 Å². The molecule has 2 aromatic carbocycles.